The highest BCUT2D eigenvalue weighted by Crippen LogP contribution is 2.34. The molecular weight excluding hydrogens is 472 g/mol. The van der Waals surface area contributed by atoms with Crippen molar-refractivity contribution in [1.29, 1.82) is 0 Å². The van der Waals surface area contributed by atoms with Crippen molar-refractivity contribution in [3.05, 3.63) is 75.3 Å². The first-order valence-corrected chi connectivity index (χ1v) is 10.7. The second-order valence-electron chi connectivity index (χ2n) is 7.73. The number of aromatic hydroxyl groups is 1. The predicted molar refractivity (Wildman–Crippen MR) is 134 cm³/mol. The standard InChI is InChI=1S/C24H20N4O6S/c1-12-8-13(2)21-17(9-12)26-23(34-21)16-6-5-15(11-19(16)29)25-24(35)27-22(30)14-4-7-20(33-3)18(10-14)28(31)32/h4-11,29H,1-3H3,(H2,25,27,30,35). The van der Waals surface area contributed by atoms with Crippen molar-refractivity contribution < 1.29 is 24.0 Å². The molecule has 0 aliphatic heterocycles. The summed E-state index contributed by atoms with van der Waals surface area (Å²) in [5, 5.41) is 26.9. The average Bonchev–Trinajstić information content (AvgIpc) is 3.22. The topological polar surface area (TPSA) is 140 Å². The van der Waals surface area contributed by atoms with E-state index in [0.29, 0.717) is 22.4 Å². The Hall–Kier alpha value is -4.51. The second-order valence-corrected chi connectivity index (χ2v) is 8.14. The van der Waals surface area contributed by atoms with Gasteiger partial charge in [0.1, 0.15) is 11.3 Å². The molecule has 1 aromatic heterocycles. The summed E-state index contributed by atoms with van der Waals surface area (Å²) < 4.78 is 10.8. The lowest BCUT2D eigenvalue weighted by molar-refractivity contribution is -0.385. The fraction of sp³-hybridized carbons (Fsp3) is 0.125. The van der Waals surface area contributed by atoms with Crippen molar-refractivity contribution in [3.8, 4) is 23.0 Å². The lowest BCUT2D eigenvalue weighted by Gasteiger charge is -2.11. The lowest BCUT2D eigenvalue weighted by Crippen LogP contribution is -2.34. The first-order chi connectivity index (χ1) is 16.7. The monoisotopic (exact) mass is 492 g/mol. The number of thiocarbonyl (C=S) groups is 1. The van der Waals surface area contributed by atoms with E-state index < -0.39 is 10.8 Å². The molecule has 4 aromatic rings. The normalized spacial score (nSPS) is 10.7. The number of hydrogen-bond acceptors (Lipinski definition) is 8. The van der Waals surface area contributed by atoms with Gasteiger partial charge in [-0.05, 0) is 67.5 Å². The predicted octanol–water partition coefficient (Wildman–Crippen LogP) is 4.86. The Kier molecular flexibility index (Phi) is 6.34. The van der Waals surface area contributed by atoms with Crippen molar-refractivity contribution >= 4 is 45.7 Å². The van der Waals surface area contributed by atoms with Gasteiger partial charge in [0.2, 0.25) is 5.89 Å². The van der Waals surface area contributed by atoms with E-state index in [2.05, 4.69) is 15.6 Å². The fourth-order valence-electron chi connectivity index (χ4n) is 3.59. The maximum atomic E-state index is 12.5. The Labute approximate surface area is 204 Å². The van der Waals surface area contributed by atoms with E-state index in [-0.39, 0.29) is 33.8 Å². The molecule has 10 nitrogen and oxygen atoms in total. The minimum atomic E-state index is -0.647. The first kappa shape index (κ1) is 23.6. The van der Waals surface area contributed by atoms with Gasteiger partial charge in [0.15, 0.2) is 16.4 Å². The number of fused-ring (bicyclic) bond motifs is 1. The SMILES string of the molecule is COc1ccc(C(=O)NC(=S)Nc2ccc(-c3nc4cc(C)cc(C)c4o3)c(O)c2)cc1[N+](=O)[O-]. The Morgan fingerprint density at radius 2 is 1.94 bits per heavy atom. The van der Waals surface area contributed by atoms with Crippen LogP contribution in [-0.2, 0) is 0 Å². The minimum Gasteiger partial charge on any atom is -0.507 e. The number of carbonyl (C=O) groups excluding carboxylic acids is 1. The van der Waals surface area contributed by atoms with Crippen LogP contribution in [-0.4, -0.2) is 33.1 Å². The van der Waals surface area contributed by atoms with Crippen molar-refractivity contribution in [2.24, 2.45) is 0 Å². The maximum Gasteiger partial charge on any atom is 0.311 e. The molecule has 0 radical (unpaired) electrons. The molecular formula is C24H20N4O6S. The zero-order chi connectivity index (χ0) is 25.3. The molecule has 0 atom stereocenters. The van der Waals surface area contributed by atoms with Crippen LogP contribution in [0.15, 0.2) is 52.9 Å². The summed E-state index contributed by atoms with van der Waals surface area (Å²) in [6.45, 7) is 3.90. The van der Waals surface area contributed by atoms with Crippen LogP contribution in [0.4, 0.5) is 11.4 Å². The highest BCUT2D eigenvalue weighted by Gasteiger charge is 2.19. The number of anilines is 1. The number of benzene rings is 3. The number of methoxy groups -OCH3 is 1. The van der Waals surface area contributed by atoms with Gasteiger partial charge in [0.05, 0.1) is 17.6 Å². The van der Waals surface area contributed by atoms with Crippen LogP contribution in [0.5, 0.6) is 11.5 Å². The third kappa shape index (κ3) is 4.89. The molecule has 0 aliphatic carbocycles. The van der Waals surface area contributed by atoms with E-state index in [1.54, 1.807) is 12.1 Å². The van der Waals surface area contributed by atoms with Crippen LogP contribution in [0.25, 0.3) is 22.6 Å². The van der Waals surface area contributed by atoms with E-state index >= 15 is 0 Å². The van der Waals surface area contributed by atoms with Crippen LogP contribution in [0, 0.1) is 24.0 Å². The highest BCUT2D eigenvalue weighted by molar-refractivity contribution is 7.80. The number of carbonyl (C=O) groups is 1. The number of nitrogens with zero attached hydrogens (tertiary/aromatic N) is 2. The van der Waals surface area contributed by atoms with Crippen molar-refractivity contribution in [2.75, 3.05) is 12.4 Å². The molecule has 1 amide bonds. The molecule has 4 rings (SSSR count). The highest BCUT2D eigenvalue weighted by atomic mass is 32.1. The number of nitro benzene ring substituents is 1. The van der Waals surface area contributed by atoms with Gasteiger partial charge < -0.3 is 19.6 Å². The van der Waals surface area contributed by atoms with Gasteiger partial charge in [-0.15, -0.1) is 0 Å². The third-order valence-corrected chi connectivity index (χ3v) is 5.38. The third-order valence-electron chi connectivity index (χ3n) is 5.17. The molecule has 1 heterocycles. The number of phenols is 1. The quantitative estimate of drug-likeness (QED) is 0.202. The molecule has 35 heavy (non-hydrogen) atoms. The van der Waals surface area contributed by atoms with Crippen LogP contribution in [0.3, 0.4) is 0 Å². The number of aromatic nitrogens is 1. The van der Waals surface area contributed by atoms with Gasteiger partial charge in [-0.1, -0.05) is 6.07 Å². The number of nitrogens with one attached hydrogen (secondary N) is 2. The van der Waals surface area contributed by atoms with Gasteiger partial charge in [0, 0.05) is 23.4 Å². The van der Waals surface area contributed by atoms with Gasteiger partial charge in [-0.25, -0.2) is 4.98 Å². The molecule has 3 aromatic carbocycles. The Bertz CT molecular complexity index is 1500. The zero-order valence-corrected chi connectivity index (χ0v) is 19.7. The van der Waals surface area contributed by atoms with Gasteiger partial charge >= 0.3 is 5.69 Å². The maximum absolute atomic E-state index is 12.5. The Balaban J connectivity index is 1.49. The number of hydrogen-bond donors (Lipinski definition) is 3. The summed E-state index contributed by atoms with van der Waals surface area (Å²) in [7, 11) is 1.30. The van der Waals surface area contributed by atoms with Crippen LogP contribution in [0.2, 0.25) is 0 Å². The zero-order valence-electron chi connectivity index (χ0n) is 18.9. The molecule has 3 N–H and O–H groups in total. The number of nitro groups is 1. The largest absolute Gasteiger partial charge is 0.507 e. The van der Waals surface area contributed by atoms with Crippen LogP contribution in [0.1, 0.15) is 21.5 Å². The molecule has 0 saturated carbocycles. The number of phenolic OH excluding ortho intramolecular Hbond substituents is 1. The Morgan fingerprint density at radius 1 is 1.17 bits per heavy atom. The lowest BCUT2D eigenvalue weighted by atomic mass is 10.1. The molecule has 178 valence electrons. The van der Waals surface area contributed by atoms with E-state index in [0.717, 1.165) is 17.2 Å². The summed E-state index contributed by atoms with van der Waals surface area (Å²) in [6, 6.07) is 12.4. The van der Waals surface area contributed by atoms with Crippen molar-refractivity contribution in [1.82, 2.24) is 10.3 Å². The number of amides is 1. The number of rotatable bonds is 5. The van der Waals surface area contributed by atoms with E-state index in [9.17, 15) is 20.0 Å². The van der Waals surface area contributed by atoms with E-state index in [1.165, 1.54) is 25.3 Å². The van der Waals surface area contributed by atoms with Gasteiger partial charge in [-0.3, -0.25) is 20.2 Å². The smallest absolute Gasteiger partial charge is 0.311 e. The minimum absolute atomic E-state index is 0.0290. The molecule has 0 unspecified atom stereocenters. The van der Waals surface area contributed by atoms with Gasteiger partial charge in [0.25, 0.3) is 5.91 Å². The van der Waals surface area contributed by atoms with Crippen LogP contribution >= 0.6 is 12.2 Å². The molecule has 0 aliphatic rings. The summed E-state index contributed by atoms with van der Waals surface area (Å²) >= 11 is 5.17. The Morgan fingerprint density at radius 3 is 2.63 bits per heavy atom. The average molecular weight is 493 g/mol. The number of aryl methyl sites for hydroxylation is 2. The summed E-state index contributed by atoms with van der Waals surface area (Å²) in [5.41, 5.74) is 3.82. The number of ether oxygens (including phenoxy) is 1. The molecule has 0 bridgehead atoms. The van der Waals surface area contributed by atoms with Crippen molar-refractivity contribution in [2.45, 2.75) is 13.8 Å². The summed E-state index contributed by atoms with van der Waals surface area (Å²) in [4.78, 5) is 27.5. The van der Waals surface area contributed by atoms with Gasteiger partial charge in [-0.2, -0.15) is 0 Å². The molecule has 0 spiro atoms. The van der Waals surface area contributed by atoms with E-state index in [1.807, 2.05) is 26.0 Å². The molecule has 11 heteroatoms. The van der Waals surface area contributed by atoms with Crippen LogP contribution < -0.4 is 15.4 Å². The van der Waals surface area contributed by atoms with Crippen molar-refractivity contribution in [3.63, 3.8) is 0 Å². The molecule has 0 fully saturated rings. The first-order valence-electron chi connectivity index (χ1n) is 10.3. The summed E-state index contributed by atoms with van der Waals surface area (Å²) in [6.07, 6.45) is 0. The summed E-state index contributed by atoms with van der Waals surface area (Å²) in [5.74, 6) is -0.441. The number of oxazole rings is 1. The fourth-order valence-corrected chi connectivity index (χ4v) is 3.80. The second kappa shape index (κ2) is 9.39. The molecule has 0 saturated heterocycles. The van der Waals surface area contributed by atoms with E-state index in [4.69, 9.17) is 21.4 Å².